The van der Waals surface area contributed by atoms with E-state index in [0.717, 1.165) is 0 Å². The maximum absolute atomic E-state index is 12.3. The van der Waals surface area contributed by atoms with Gasteiger partial charge in [0.2, 0.25) is 10.0 Å². The Hall–Kier alpha value is -1.60. The SMILES string of the molecule is CNS(=O)(=O)c1ccc(Cl)c(C(=O)Nc2cccc(Cl)c2)c1. The number of nitrogens with one attached hydrogen (secondary N) is 2. The predicted octanol–water partition coefficient (Wildman–Crippen LogP) is 3.15. The van der Waals surface area contributed by atoms with Crippen LogP contribution >= 0.6 is 23.2 Å². The summed E-state index contributed by atoms with van der Waals surface area (Å²) in [5, 5.41) is 3.23. The van der Waals surface area contributed by atoms with E-state index < -0.39 is 15.9 Å². The molecule has 0 aliphatic carbocycles. The molecular formula is C14H12Cl2N2O3S. The summed E-state index contributed by atoms with van der Waals surface area (Å²) in [5.41, 5.74) is 0.536. The molecule has 0 bridgehead atoms. The fourth-order valence-electron chi connectivity index (χ4n) is 1.73. The number of sulfonamides is 1. The molecule has 0 atom stereocenters. The van der Waals surface area contributed by atoms with E-state index in [1.807, 2.05) is 0 Å². The minimum Gasteiger partial charge on any atom is -0.322 e. The lowest BCUT2D eigenvalue weighted by Crippen LogP contribution is -2.20. The van der Waals surface area contributed by atoms with Gasteiger partial charge in [0, 0.05) is 10.7 Å². The Morgan fingerprint density at radius 3 is 2.45 bits per heavy atom. The average Bonchev–Trinajstić information content (AvgIpc) is 2.47. The Kier molecular flexibility index (Phi) is 5.08. The lowest BCUT2D eigenvalue weighted by molar-refractivity contribution is 0.102. The molecule has 8 heteroatoms. The largest absolute Gasteiger partial charge is 0.322 e. The molecule has 0 heterocycles. The smallest absolute Gasteiger partial charge is 0.257 e. The molecule has 0 aliphatic rings. The van der Waals surface area contributed by atoms with Crippen LogP contribution in [-0.4, -0.2) is 21.4 Å². The summed E-state index contributed by atoms with van der Waals surface area (Å²) < 4.78 is 25.8. The van der Waals surface area contributed by atoms with Crippen LogP contribution in [0.1, 0.15) is 10.4 Å². The highest BCUT2D eigenvalue weighted by atomic mass is 35.5. The third-order valence-electron chi connectivity index (χ3n) is 2.84. The molecule has 0 aromatic heterocycles. The molecule has 0 radical (unpaired) electrons. The molecular weight excluding hydrogens is 347 g/mol. The predicted molar refractivity (Wildman–Crippen MR) is 87.1 cm³/mol. The number of benzene rings is 2. The van der Waals surface area contributed by atoms with Crippen molar-refractivity contribution in [3.8, 4) is 0 Å². The molecule has 0 aliphatic heterocycles. The monoisotopic (exact) mass is 358 g/mol. The van der Waals surface area contributed by atoms with E-state index in [4.69, 9.17) is 23.2 Å². The molecule has 116 valence electrons. The Balaban J connectivity index is 2.35. The van der Waals surface area contributed by atoms with Gasteiger partial charge >= 0.3 is 0 Å². The Morgan fingerprint density at radius 1 is 1.09 bits per heavy atom. The molecule has 5 nitrogen and oxygen atoms in total. The lowest BCUT2D eigenvalue weighted by Gasteiger charge is -2.09. The molecule has 0 unspecified atom stereocenters. The molecule has 2 aromatic rings. The second-order valence-corrected chi connectivity index (χ2v) is 7.04. The number of hydrogen-bond donors (Lipinski definition) is 2. The second kappa shape index (κ2) is 6.66. The third kappa shape index (κ3) is 3.78. The molecule has 0 spiro atoms. The number of carbonyl (C=O) groups excluding carboxylic acids is 1. The summed E-state index contributed by atoms with van der Waals surface area (Å²) in [4.78, 5) is 12.2. The van der Waals surface area contributed by atoms with E-state index in [1.54, 1.807) is 24.3 Å². The number of halogens is 2. The van der Waals surface area contributed by atoms with Gasteiger partial charge in [-0.2, -0.15) is 0 Å². The number of rotatable bonds is 4. The van der Waals surface area contributed by atoms with Crippen molar-refractivity contribution in [1.29, 1.82) is 0 Å². The van der Waals surface area contributed by atoms with Gasteiger partial charge < -0.3 is 5.32 Å². The van der Waals surface area contributed by atoms with Crippen molar-refractivity contribution in [3.05, 3.63) is 58.1 Å². The summed E-state index contributed by atoms with van der Waals surface area (Å²) >= 11 is 11.8. The van der Waals surface area contributed by atoms with Gasteiger partial charge in [-0.1, -0.05) is 29.3 Å². The molecule has 0 saturated heterocycles. The molecule has 2 rings (SSSR count). The maximum atomic E-state index is 12.3. The van der Waals surface area contributed by atoms with Crippen molar-refractivity contribution >= 4 is 44.8 Å². The normalized spacial score (nSPS) is 11.2. The first-order chi connectivity index (χ1) is 10.3. The van der Waals surface area contributed by atoms with Crippen LogP contribution in [0.3, 0.4) is 0 Å². The van der Waals surface area contributed by atoms with Gasteiger partial charge in [0.15, 0.2) is 0 Å². The highest BCUT2D eigenvalue weighted by Gasteiger charge is 2.17. The zero-order valence-electron chi connectivity index (χ0n) is 11.4. The molecule has 0 saturated carbocycles. The standard InChI is InChI=1S/C14H12Cl2N2O3S/c1-17-22(20,21)11-5-6-13(16)12(8-11)14(19)18-10-4-2-3-9(15)7-10/h2-8,17H,1H3,(H,18,19). The first-order valence-corrected chi connectivity index (χ1v) is 8.37. The highest BCUT2D eigenvalue weighted by Crippen LogP contribution is 2.22. The summed E-state index contributed by atoms with van der Waals surface area (Å²) in [7, 11) is -2.37. The van der Waals surface area contributed by atoms with Gasteiger partial charge in [-0.15, -0.1) is 0 Å². The maximum Gasteiger partial charge on any atom is 0.257 e. The van der Waals surface area contributed by atoms with Crippen molar-refractivity contribution in [1.82, 2.24) is 4.72 Å². The Bertz CT molecular complexity index is 823. The topological polar surface area (TPSA) is 75.3 Å². The van der Waals surface area contributed by atoms with Crippen LogP contribution in [-0.2, 0) is 10.0 Å². The average molecular weight is 359 g/mol. The number of hydrogen-bond acceptors (Lipinski definition) is 3. The van der Waals surface area contributed by atoms with Gasteiger partial charge in [0.25, 0.3) is 5.91 Å². The van der Waals surface area contributed by atoms with E-state index in [1.165, 1.54) is 25.2 Å². The first kappa shape index (κ1) is 16.8. The fourth-order valence-corrected chi connectivity index (χ4v) is 2.88. The molecule has 2 N–H and O–H groups in total. The Labute approximate surface area is 138 Å². The minimum atomic E-state index is -3.66. The summed E-state index contributed by atoms with van der Waals surface area (Å²) in [6.07, 6.45) is 0. The van der Waals surface area contributed by atoms with Gasteiger partial charge in [0.05, 0.1) is 15.5 Å². The van der Waals surface area contributed by atoms with Crippen LogP contribution in [0.25, 0.3) is 0 Å². The van der Waals surface area contributed by atoms with Gasteiger partial charge in [0.1, 0.15) is 0 Å². The molecule has 0 fully saturated rings. The summed E-state index contributed by atoms with van der Waals surface area (Å²) in [5.74, 6) is -0.527. The van der Waals surface area contributed by atoms with Crippen LogP contribution in [0.4, 0.5) is 5.69 Å². The van der Waals surface area contributed by atoms with Crippen LogP contribution in [0, 0.1) is 0 Å². The van der Waals surface area contributed by atoms with Crippen molar-refractivity contribution in [2.24, 2.45) is 0 Å². The quantitative estimate of drug-likeness (QED) is 0.881. The van der Waals surface area contributed by atoms with Gasteiger partial charge in [-0.05, 0) is 43.4 Å². The highest BCUT2D eigenvalue weighted by molar-refractivity contribution is 7.89. The molecule has 22 heavy (non-hydrogen) atoms. The van der Waals surface area contributed by atoms with E-state index in [9.17, 15) is 13.2 Å². The number of amides is 1. The van der Waals surface area contributed by atoms with Crippen LogP contribution < -0.4 is 10.0 Å². The fraction of sp³-hybridized carbons (Fsp3) is 0.0714. The molecule has 1 amide bonds. The van der Waals surface area contributed by atoms with Crippen molar-refractivity contribution in [2.45, 2.75) is 4.90 Å². The zero-order valence-corrected chi connectivity index (χ0v) is 13.8. The zero-order chi connectivity index (χ0) is 16.3. The number of carbonyl (C=O) groups is 1. The van der Waals surface area contributed by atoms with Crippen LogP contribution in [0.15, 0.2) is 47.4 Å². The van der Waals surface area contributed by atoms with E-state index in [-0.39, 0.29) is 15.5 Å². The summed E-state index contributed by atoms with van der Waals surface area (Å²) in [6, 6.07) is 10.5. The van der Waals surface area contributed by atoms with Crippen molar-refractivity contribution < 1.29 is 13.2 Å². The second-order valence-electron chi connectivity index (χ2n) is 4.31. The van der Waals surface area contributed by atoms with Crippen LogP contribution in [0.2, 0.25) is 10.0 Å². The van der Waals surface area contributed by atoms with Crippen molar-refractivity contribution in [3.63, 3.8) is 0 Å². The number of anilines is 1. The van der Waals surface area contributed by atoms with Crippen LogP contribution in [0.5, 0.6) is 0 Å². The van der Waals surface area contributed by atoms with Gasteiger partial charge in [-0.3, -0.25) is 4.79 Å². The van der Waals surface area contributed by atoms with E-state index in [0.29, 0.717) is 10.7 Å². The third-order valence-corrected chi connectivity index (χ3v) is 4.82. The van der Waals surface area contributed by atoms with E-state index >= 15 is 0 Å². The van der Waals surface area contributed by atoms with Crippen molar-refractivity contribution in [2.75, 3.05) is 12.4 Å². The minimum absolute atomic E-state index is 0.0457. The summed E-state index contributed by atoms with van der Waals surface area (Å²) in [6.45, 7) is 0. The lowest BCUT2D eigenvalue weighted by atomic mass is 10.2. The Morgan fingerprint density at radius 2 is 1.82 bits per heavy atom. The first-order valence-electron chi connectivity index (χ1n) is 6.13. The molecule has 2 aromatic carbocycles. The van der Waals surface area contributed by atoms with E-state index in [2.05, 4.69) is 10.0 Å². The van der Waals surface area contributed by atoms with Gasteiger partial charge in [-0.25, -0.2) is 13.1 Å².